The fourth-order valence-corrected chi connectivity index (χ4v) is 4.33. The van der Waals surface area contributed by atoms with Crippen LogP contribution >= 0.6 is 0 Å². The SMILES string of the molecule is Cc1nn([C@H](C)C(=O)N[C@H](C)[C@H]2C[C@H]3CC[C@H]2C3)cc1[N+](=O)[O-]. The van der Waals surface area contributed by atoms with E-state index in [1.54, 1.807) is 13.8 Å². The van der Waals surface area contributed by atoms with Crippen molar-refractivity contribution >= 4 is 11.6 Å². The summed E-state index contributed by atoms with van der Waals surface area (Å²) in [5.74, 6) is 2.04. The van der Waals surface area contributed by atoms with E-state index in [1.807, 2.05) is 0 Å². The molecule has 2 aliphatic carbocycles. The number of fused-ring (bicyclic) bond motifs is 2. The van der Waals surface area contributed by atoms with Crippen LogP contribution in [0.2, 0.25) is 0 Å². The third kappa shape index (κ3) is 2.96. The highest BCUT2D eigenvalue weighted by Crippen LogP contribution is 2.49. The van der Waals surface area contributed by atoms with E-state index in [-0.39, 0.29) is 17.6 Å². The summed E-state index contributed by atoms with van der Waals surface area (Å²) in [6, 6.07) is -0.407. The molecule has 1 heterocycles. The Morgan fingerprint density at radius 2 is 2.17 bits per heavy atom. The lowest BCUT2D eigenvalue weighted by Gasteiger charge is -2.29. The molecule has 0 spiro atoms. The third-order valence-corrected chi connectivity index (χ3v) is 5.67. The molecule has 126 valence electrons. The van der Waals surface area contributed by atoms with Crippen molar-refractivity contribution in [3.05, 3.63) is 22.0 Å². The van der Waals surface area contributed by atoms with Crippen LogP contribution in [0.15, 0.2) is 6.20 Å². The highest BCUT2D eigenvalue weighted by molar-refractivity contribution is 5.80. The van der Waals surface area contributed by atoms with E-state index in [4.69, 9.17) is 0 Å². The molecule has 1 N–H and O–H groups in total. The number of carbonyl (C=O) groups is 1. The Hall–Kier alpha value is -1.92. The fraction of sp³-hybridized carbons (Fsp3) is 0.750. The number of amides is 1. The molecule has 0 unspecified atom stereocenters. The summed E-state index contributed by atoms with van der Waals surface area (Å²) in [6.45, 7) is 5.38. The quantitative estimate of drug-likeness (QED) is 0.667. The maximum Gasteiger partial charge on any atom is 0.309 e. The van der Waals surface area contributed by atoms with E-state index in [1.165, 1.54) is 36.6 Å². The predicted molar refractivity (Wildman–Crippen MR) is 84.9 cm³/mol. The van der Waals surface area contributed by atoms with Gasteiger partial charge < -0.3 is 5.32 Å². The van der Waals surface area contributed by atoms with E-state index in [0.29, 0.717) is 11.6 Å². The molecule has 2 bridgehead atoms. The number of nitro groups is 1. The van der Waals surface area contributed by atoms with E-state index >= 15 is 0 Å². The van der Waals surface area contributed by atoms with Crippen LogP contribution in [0.25, 0.3) is 0 Å². The van der Waals surface area contributed by atoms with Gasteiger partial charge in [0.1, 0.15) is 17.9 Å². The number of aryl methyl sites for hydroxylation is 1. The topological polar surface area (TPSA) is 90.1 Å². The van der Waals surface area contributed by atoms with E-state index < -0.39 is 11.0 Å². The van der Waals surface area contributed by atoms with Crippen molar-refractivity contribution in [1.82, 2.24) is 15.1 Å². The molecule has 1 aromatic heterocycles. The number of carbonyl (C=O) groups excluding carboxylic acids is 1. The normalized spacial score (nSPS) is 28.6. The van der Waals surface area contributed by atoms with Gasteiger partial charge in [-0.2, -0.15) is 5.10 Å². The van der Waals surface area contributed by atoms with Crippen molar-refractivity contribution in [2.24, 2.45) is 17.8 Å². The molecule has 0 radical (unpaired) electrons. The molecule has 0 saturated heterocycles. The second-order valence-electron chi connectivity index (χ2n) is 7.15. The summed E-state index contributed by atoms with van der Waals surface area (Å²) in [7, 11) is 0. The molecule has 2 fully saturated rings. The summed E-state index contributed by atoms with van der Waals surface area (Å²) in [5, 5.41) is 18.1. The van der Waals surface area contributed by atoms with Crippen LogP contribution in [0.1, 0.15) is 51.3 Å². The van der Waals surface area contributed by atoms with Gasteiger partial charge in [-0.25, -0.2) is 0 Å². The largest absolute Gasteiger partial charge is 0.352 e. The lowest BCUT2D eigenvalue weighted by molar-refractivity contribution is -0.385. The Kier molecular flexibility index (Phi) is 4.12. The Morgan fingerprint density at radius 3 is 2.70 bits per heavy atom. The van der Waals surface area contributed by atoms with Crippen LogP contribution in [0, 0.1) is 34.8 Å². The fourth-order valence-electron chi connectivity index (χ4n) is 4.33. The molecule has 1 aromatic rings. The molecule has 0 aromatic carbocycles. The minimum absolute atomic E-state index is 0.0502. The molecular weight excluding hydrogens is 296 g/mol. The van der Waals surface area contributed by atoms with Gasteiger partial charge in [0.2, 0.25) is 5.91 Å². The van der Waals surface area contributed by atoms with Gasteiger partial charge in [-0.3, -0.25) is 19.6 Å². The van der Waals surface area contributed by atoms with E-state index in [9.17, 15) is 14.9 Å². The van der Waals surface area contributed by atoms with Crippen molar-refractivity contribution < 1.29 is 9.72 Å². The first-order chi connectivity index (χ1) is 10.9. The summed E-state index contributed by atoms with van der Waals surface area (Å²) < 4.78 is 1.39. The lowest BCUT2D eigenvalue weighted by Crippen LogP contribution is -2.43. The minimum Gasteiger partial charge on any atom is -0.352 e. The average Bonchev–Trinajstić information content (AvgIpc) is 3.20. The minimum atomic E-state index is -0.552. The zero-order valence-electron chi connectivity index (χ0n) is 13.9. The van der Waals surface area contributed by atoms with E-state index in [2.05, 4.69) is 17.3 Å². The number of aromatic nitrogens is 2. The Labute approximate surface area is 135 Å². The lowest BCUT2D eigenvalue weighted by atomic mass is 9.84. The predicted octanol–water partition coefficient (Wildman–Crippen LogP) is 2.60. The van der Waals surface area contributed by atoms with Gasteiger partial charge in [-0.05, 0) is 57.8 Å². The third-order valence-electron chi connectivity index (χ3n) is 5.67. The number of hydrogen-bond acceptors (Lipinski definition) is 4. The van der Waals surface area contributed by atoms with Gasteiger partial charge >= 0.3 is 5.69 Å². The van der Waals surface area contributed by atoms with Gasteiger partial charge in [-0.1, -0.05) is 6.42 Å². The maximum absolute atomic E-state index is 12.5. The second kappa shape index (κ2) is 5.94. The van der Waals surface area contributed by atoms with Crippen LogP contribution < -0.4 is 5.32 Å². The summed E-state index contributed by atoms with van der Waals surface area (Å²) in [5.41, 5.74) is 0.279. The van der Waals surface area contributed by atoms with Crippen molar-refractivity contribution in [2.45, 2.75) is 58.5 Å². The first-order valence-electron chi connectivity index (χ1n) is 8.37. The Balaban J connectivity index is 1.63. The molecule has 23 heavy (non-hydrogen) atoms. The molecule has 2 aliphatic rings. The molecule has 5 atom stereocenters. The van der Waals surface area contributed by atoms with Crippen LogP contribution in [-0.2, 0) is 4.79 Å². The first-order valence-corrected chi connectivity index (χ1v) is 8.37. The van der Waals surface area contributed by atoms with Crippen LogP contribution in [-0.4, -0.2) is 26.7 Å². The molecule has 1 amide bonds. The highest BCUT2D eigenvalue weighted by Gasteiger charge is 2.42. The van der Waals surface area contributed by atoms with Crippen LogP contribution in [0.4, 0.5) is 5.69 Å². The Bertz CT molecular complexity index is 627. The standard InChI is InChI=1S/C16H24N4O3/c1-9(14-7-12-4-5-13(14)6-12)17-16(21)11(3)19-8-15(20(22)23)10(2)18-19/h8-9,11-14H,4-7H2,1-3H3,(H,17,21)/t9-,11-,12+,13+,14-/m1/s1. The van der Waals surface area contributed by atoms with Crippen molar-refractivity contribution in [3.8, 4) is 0 Å². The van der Waals surface area contributed by atoms with Gasteiger partial charge in [-0.15, -0.1) is 0 Å². The summed E-state index contributed by atoms with van der Waals surface area (Å²) in [6.07, 6.45) is 6.49. The number of nitrogens with one attached hydrogen (secondary N) is 1. The van der Waals surface area contributed by atoms with Gasteiger partial charge in [0.05, 0.1) is 4.92 Å². The summed E-state index contributed by atoms with van der Waals surface area (Å²) in [4.78, 5) is 22.9. The van der Waals surface area contributed by atoms with Crippen molar-refractivity contribution in [3.63, 3.8) is 0 Å². The first kappa shape index (κ1) is 16.0. The molecular formula is C16H24N4O3. The van der Waals surface area contributed by atoms with Crippen molar-refractivity contribution in [2.75, 3.05) is 0 Å². The van der Waals surface area contributed by atoms with Gasteiger partial charge in [0, 0.05) is 6.04 Å². The average molecular weight is 320 g/mol. The maximum atomic E-state index is 12.5. The van der Waals surface area contributed by atoms with Crippen molar-refractivity contribution in [1.29, 1.82) is 0 Å². The number of hydrogen-bond donors (Lipinski definition) is 1. The molecule has 7 nitrogen and oxygen atoms in total. The van der Waals surface area contributed by atoms with Crippen LogP contribution in [0.5, 0.6) is 0 Å². The number of rotatable bonds is 5. The second-order valence-corrected chi connectivity index (χ2v) is 7.15. The summed E-state index contributed by atoms with van der Waals surface area (Å²) >= 11 is 0. The molecule has 7 heteroatoms. The van der Waals surface area contributed by atoms with E-state index in [0.717, 1.165) is 11.8 Å². The monoisotopic (exact) mass is 320 g/mol. The van der Waals surface area contributed by atoms with Crippen LogP contribution in [0.3, 0.4) is 0 Å². The van der Waals surface area contributed by atoms with Gasteiger partial charge in [0.25, 0.3) is 0 Å². The molecule has 0 aliphatic heterocycles. The molecule has 3 rings (SSSR count). The molecule has 2 saturated carbocycles. The Morgan fingerprint density at radius 1 is 1.43 bits per heavy atom. The zero-order valence-corrected chi connectivity index (χ0v) is 13.9. The zero-order chi connectivity index (χ0) is 16.7. The van der Waals surface area contributed by atoms with Gasteiger partial charge in [0.15, 0.2) is 0 Å². The number of nitrogens with zero attached hydrogens (tertiary/aromatic N) is 3. The highest BCUT2D eigenvalue weighted by atomic mass is 16.6. The smallest absolute Gasteiger partial charge is 0.309 e.